The number of hydrogen-bond donors (Lipinski definition) is 2. The first-order valence-electron chi connectivity index (χ1n) is 11.8. The first-order chi connectivity index (χ1) is 17.3. The summed E-state index contributed by atoms with van der Waals surface area (Å²) in [5.74, 6) is 0.0691. The number of hydrogen-bond acceptors (Lipinski definition) is 3. The topological polar surface area (TPSA) is 74.3 Å². The summed E-state index contributed by atoms with van der Waals surface area (Å²) in [5.41, 5.74) is 3.66. The zero-order valence-corrected chi connectivity index (χ0v) is 19.4. The number of amides is 3. The van der Waals surface area contributed by atoms with E-state index in [0.717, 1.165) is 41.7 Å². The van der Waals surface area contributed by atoms with Crippen molar-refractivity contribution in [3.05, 3.63) is 83.2 Å². The third kappa shape index (κ3) is 5.19. The van der Waals surface area contributed by atoms with Crippen LogP contribution in [-0.2, 0) is 30.5 Å². The molecule has 0 bridgehead atoms. The summed E-state index contributed by atoms with van der Waals surface area (Å²) in [6.45, 7) is 0.990. The van der Waals surface area contributed by atoms with E-state index >= 15 is 0 Å². The van der Waals surface area contributed by atoms with Crippen molar-refractivity contribution in [1.29, 1.82) is 0 Å². The number of aromatic nitrogens is 1. The van der Waals surface area contributed by atoms with Gasteiger partial charge in [-0.05, 0) is 71.3 Å². The maximum Gasteiger partial charge on any atom is 0.416 e. The molecule has 0 unspecified atom stereocenters. The van der Waals surface area contributed by atoms with Crippen molar-refractivity contribution >= 4 is 17.6 Å². The molecule has 3 aromatic rings. The van der Waals surface area contributed by atoms with Crippen molar-refractivity contribution in [3.63, 3.8) is 0 Å². The molecule has 0 radical (unpaired) electrons. The van der Waals surface area contributed by atoms with Gasteiger partial charge in [0.25, 0.3) is 0 Å². The Bertz CT molecular complexity index is 1290. The van der Waals surface area contributed by atoms with Gasteiger partial charge in [0.1, 0.15) is 0 Å². The fourth-order valence-electron chi connectivity index (χ4n) is 4.52. The van der Waals surface area contributed by atoms with Gasteiger partial charge in [-0.2, -0.15) is 13.2 Å². The minimum atomic E-state index is -4.44. The van der Waals surface area contributed by atoms with Crippen molar-refractivity contribution in [2.75, 3.05) is 11.9 Å². The number of nitrogens with zero attached hydrogens (tertiary/aromatic N) is 2. The van der Waals surface area contributed by atoms with Gasteiger partial charge in [0.05, 0.1) is 17.4 Å². The summed E-state index contributed by atoms with van der Waals surface area (Å²) in [5, 5.41) is 5.80. The van der Waals surface area contributed by atoms with Crippen LogP contribution >= 0.6 is 0 Å². The number of alkyl halides is 3. The lowest BCUT2D eigenvalue weighted by Gasteiger charge is -2.32. The van der Waals surface area contributed by atoms with Crippen LogP contribution in [0.15, 0.2) is 60.9 Å². The standard InChI is InChI=1S/C27H25F3N4O2/c28-27(29,30)20-4-1-3-18(13-20)22-9-8-19(14-32-25(35)17-6-7-17)24-16-34(12-10-23(22)24)26(36)33-21-5-2-11-31-15-21/h1-5,8-9,11,13,15,17H,6-7,10,12,14,16H2,(H,32,35)(H,33,36). The van der Waals surface area contributed by atoms with Gasteiger partial charge in [-0.1, -0.05) is 24.3 Å². The summed E-state index contributed by atoms with van der Waals surface area (Å²) >= 11 is 0. The lowest BCUT2D eigenvalue weighted by atomic mass is 9.87. The van der Waals surface area contributed by atoms with E-state index in [9.17, 15) is 22.8 Å². The summed E-state index contributed by atoms with van der Waals surface area (Å²) in [6, 6.07) is 12.1. The van der Waals surface area contributed by atoms with E-state index in [1.165, 1.54) is 6.07 Å². The summed E-state index contributed by atoms with van der Waals surface area (Å²) in [4.78, 5) is 30.9. The van der Waals surface area contributed by atoms with Gasteiger partial charge in [-0.25, -0.2) is 4.79 Å². The molecule has 0 saturated heterocycles. The van der Waals surface area contributed by atoms with Crippen LogP contribution in [0.4, 0.5) is 23.7 Å². The molecule has 0 spiro atoms. The molecular weight excluding hydrogens is 469 g/mol. The lowest BCUT2D eigenvalue weighted by Crippen LogP contribution is -2.39. The fourth-order valence-corrected chi connectivity index (χ4v) is 4.52. The predicted molar refractivity (Wildman–Crippen MR) is 129 cm³/mol. The summed E-state index contributed by atoms with van der Waals surface area (Å²) < 4.78 is 40.1. The van der Waals surface area contributed by atoms with E-state index in [1.54, 1.807) is 35.5 Å². The van der Waals surface area contributed by atoms with Gasteiger partial charge in [0.2, 0.25) is 5.91 Å². The lowest BCUT2D eigenvalue weighted by molar-refractivity contribution is -0.137. The van der Waals surface area contributed by atoms with Crippen molar-refractivity contribution in [2.45, 2.75) is 38.5 Å². The average molecular weight is 495 g/mol. The second kappa shape index (κ2) is 9.64. The van der Waals surface area contributed by atoms with Gasteiger partial charge in [-0.15, -0.1) is 0 Å². The summed E-state index contributed by atoms with van der Waals surface area (Å²) in [7, 11) is 0. The minimum absolute atomic E-state index is 0.00712. The van der Waals surface area contributed by atoms with Gasteiger partial charge < -0.3 is 15.5 Å². The molecule has 1 aliphatic carbocycles. The molecule has 1 aromatic heterocycles. The SMILES string of the molecule is O=C(NCc1ccc(-c2cccc(C(F)(F)F)c2)c2c1CN(C(=O)Nc1cccnc1)CC2)C1CC1. The van der Waals surface area contributed by atoms with Crippen LogP contribution in [0, 0.1) is 5.92 Å². The predicted octanol–water partition coefficient (Wildman–Crippen LogP) is 5.38. The Morgan fingerprint density at radius 3 is 2.61 bits per heavy atom. The normalized spacial score (nSPS) is 15.2. The molecule has 1 saturated carbocycles. The van der Waals surface area contributed by atoms with Gasteiger partial charge in [0.15, 0.2) is 0 Å². The highest BCUT2D eigenvalue weighted by atomic mass is 19.4. The van der Waals surface area contributed by atoms with Crippen LogP contribution in [0.25, 0.3) is 11.1 Å². The third-order valence-electron chi connectivity index (χ3n) is 6.61. The molecule has 36 heavy (non-hydrogen) atoms. The largest absolute Gasteiger partial charge is 0.416 e. The van der Waals surface area contributed by atoms with Crippen molar-refractivity contribution < 1.29 is 22.8 Å². The molecule has 1 fully saturated rings. The van der Waals surface area contributed by atoms with Crippen molar-refractivity contribution in [3.8, 4) is 11.1 Å². The zero-order chi connectivity index (χ0) is 25.3. The fraction of sp³-hybridized carbons (Fsp3) is 0.296. The first kappa shape index (κ1) is 23.8. The third-order valence-corrected chi connectivity index (χ3v) is 6.61. The van der Waals surface area contributed by atoms with E-state index in [4.69, 9.17) is 0 Å². The molecule has 2 N–H and O–H groups in total. The molecular formula is C27H25F3N4O2. The van der Waals surface area contributed by atoms with E-state index < -0.39 is 11.7 Å². The quantitative estimate of drug-likeness (QED) is 0.500. The van der Waals surface area contributed by atoms with E-state index in [-0.39, 0.29) is 24.4 Å². The highest BCUT2D eigenvalue weighted by molar-refractivity contribution is 5.89. The maximum atomic E-state index is 13.4. The molecule has 1 aliphatic heterocycles. The van der Waals surface area contributed by atoms with E-state index in [0.29, 0.717) is 36.3 Å². The number of fused-ring (bicyclic) bond motifs is 1. The maximum absolute atomic E-state index is 13.4. The van der Waals surface area contributed by atoms with Crippen LogP contribution in [0.3, 0.4) is 0 Å². The van der Waals surface area contributed by atoms with Crippen LogP contribution < -0.4 is 10.6 Å². The van der Waals surface area contributed by atoms with Crippen LogP contribution in [0.1, 0.15) is 35.1 Å². The average Bonchev–Trinajstić information content (AvgIpc) is 3.73. The van der Waals surface area contributed by atoms with Gasteiger partial charge >= 0.3 is 12.2 Å². The van der Waals surface area contributed by atoms with E-state index in [2.05, 4.69) is 15.6 Å². The second-order valence-corrected chi connectivity index (χ2v) is 9.14. The van der Waals surface area contributed by atoms with Crippen LogP contribution in [0.5, 0.6) is 0 Å². The number of rotatable bonds is 5. The van der Waals surface area contributed by atoms with Crippen LogP contribution in [0.2, 0.25) is 0 Å². The Kier molecular flexibility index (Phi) is 6.38. The highest BCUT2D eigenvalue weighted by Gasteiger charge is 2.32. The minimum Gasteiger partial charge on any atom is -0.352 e. The molecule has 0 atom stereocenters. The van der Waals surface area contributed by atoms with Crippen LogP contribution in [-0.4, -0.2) is 28.4 Å². The molecule has 6 nitrogen and oxygen atoms in total. The van der Waals surface area contributed by atoms with Gasteiger partial charge in [0, 0.05) is 31.7 Å². The molecule has 3 amide bonds. The number of carbonyl (C=O) groups excluding carboxylic acids is 2. The van der Waals surface area contributed by atoms with Crippen molar-refractivity contribution in [2.24, 2.45) is 5.92 Å². The molecule has 9 heteroatoms. The molecule has 2 heterocycles. The van der Waals surface area contributed by atoms with E-state index in [1.807, 2.05) is 12.1 Å². The Morgan fingerprint density at radius 1 is 1.06 bits per heavy atom. The zero-order valence-electron chi connectivity index (χ0n) is 19.4. The van der Waals surface area contributed by atoms with Crippen molar-refractivity contribution in [1.82, 2.24) is 15.2 Å². The Morgan fingerprint density at radius 2 is 1.89 bits per heavy atom. The number of urea groups is 1. The summed E-state index contributed by atoms with van der Waals surface area (Å²) in [6.07, 6.45) is 0.988. The number of pyridine rings is 1. The molecule has 2 aliphatic rings. The number of carbonyl (C=O) groups is 2. The highest BCUT2D eigenvalue weighted by Crippen LogP contribution is 2.37. The smallest absolute Gasteiger partial charge is 0.352 e. The Hall–Kier alpha value is -3.88. The first-order valence-corrected chi connectivity index (χ1v) is 11.8. The van der Waals surface area contributed by atoms with Gasteiger partial charge in [-0.3, -0.25) is 9.78 Å². The second-order valence-electron chi connectivity index (χ2n) is 9.14. The molecule has 5 rings (SSSR count). The number of anilines is 1. The molecule has 2 aromatic carbocycles. The molecule has 186 valence electrons. The number of benzene rings is 2. The Labute approximate surface area is 206 Å². The number of halogens is 3. The number of nitrogens with one attached hydrogen (secondary N) is 2. The Balaban J connectivity index is 1.46. The monoisotopic (exact) mass is 494 g/mol.